The molecular formula is C6H14ClNO. The first-order valence-corrected chi connectivity index (χ1v) is 3.02. The molecule has 2 nitrogen and oxygen atoms in total. The van der Waals surface area contributed by atoms with E-state index in [-0.39, 0.29) is 18.1 Å². The number of rotatable bonds is 0. The minimum absolute atomic E-state index is 0. The van der Waals surface area contributed by atoms with Crippen molar-refractivity contribution in [3.63, 3.8) is 0 Å². The summed E-state index contributed by atoms with van der Waals surface area (Å²) in [5.74, 6) is 0. The fourth-order valence-corrected chi connectivity index (χ4v) is 1.01. The zero-order valence-corrected chi connectivity index (χ0v) is 6.92. The Morgan fingerprint density at radius 3 is 2.22 bits per heavy atom. The Hall–Kier alpha value is 0.210. The SMILES string of the molecule is CC1COC(C)(C)N1.Cl. The topological polar surface area (TPSA) is 21.3 Å². The summed E-state index contributed by atoms with van der Waals surface area (Å²) in [5.41, 5.74) is -0.0839. The van der Waals surface area contributed by atoms with Crippen LogP contribution in [0, 0.1) is 0 Å². The van der Waals surface area contributed by atoms with E-state index in [9.17, 15) is 0 Å². The molecule has 0 aromatic heterocycles. The molecule has 1 aliphatic heterocycles. The summed E-state index contributed by atoms with van der Waals surface area (Å²) in [7, 11) is 0. The highest BCUT2D eigenvalue weighted by molar-refractivity contribution is 5.85. The molecule has 56 valence electrons. The molecule has 0 amide bonds. The van der Waals surface area contributed by atoms with E-state index in [0.717, 1.165) is 6.61 Å². The minimum Gasteiger partial charge on any atom is -0.360 e. The van der Waals surface area contributed by atoms with Gasteiger partial charge in [0.2, 0.25) is 0 Å². The largest absolute Gasteiger partial charge is 0.360 e. The molecule has 1 saturated heterocycles. The molecule has 0 saturated carbocycles. The fourth-order valence-electron chi connectivity index (χ4n) is 1.01. The van der Waals surface area contributed by atoms with Gasteiger partial charge in [0.15, 0.2) is 0 Å². The highest BCUT2D eigenvalue weighted by Crippen LogP contribution is 2.12. The van der Waals surface area contributed by atoms with Crippen LogP contribution in [0.3, 0.4) is 0 Å². The van der Waals surface area contributed by atoms with Crippen LogP contribution in [0.15, 0.2) is 0 Å². The zero-order valence-electron chi connectivity index (χ0n) is 6.10. The van der Waals surface area contributed by atoms with Crippen molar-refractivity contribution in [1.82, 2.24) is 5.32 Å². The molecule has 0 aromatic carbocycles. The molecule has 0 bridgehead atoms. The van der Waals surface area contributed by atoms with Gasteiger partial charge < -0.3 is 4.74 Å². The van der Waals surface area contributed by atoms with Crippen LogP contribution < -0.4 is 5.32 Å². The molecule has 1 aliphatic rings. The lowest BCUT2D eigenvalue weighted by Crippen LogP contribution is -2.36. The second-order valence-corrected chi connectivity index (χ2v) is 2.87. The summed E-state index contributed by atoms with van der Waals surface area (Å²) in [5, 5.41) is 3.27. The molecule has 1 heterocycles. The highest BCUT2D eigenvalue weighted by Gasteiger charge is 2.27. The van der Waals surface area contributed by atoms with Crippen molar-refractivity contribution in [1.29, 1.82) is 0 Å². The lowest BCUT2D eigenvalue weighted by atomic mass is 10.3. The average Bonchev–Trinajstić information content (AvgIpc) is 1.82. The van der Waals surface area contributed by atoms with Gasteiger partial charge in [-0.25, -0.2) is 0 Å². The van der Waals surface area contributed by atoms with Gasteiger partial charge in [-0.05, 0) is 20.8 Å². The van der Waals surface area contributed by atoms with Crippen LogP contribution in [-0.2, 0) is 4.74 Å². The first kappa shape index (κ1) is 9.21. The van der Waals surface area contributed by atoms with E-state index in [0.29, 0.717) is 6.04 Å². The molecule has 9 heavy (non-hydrogen) atoms. The Kier molecular flexibility index (Phi) is 2.93. The van der Waals surface area contributed by atoms with E-state index in [1.54, 1.807) is 0 Å². The van der Waals surface area contributed by atoms with Crippen molar-refractivity contribution in [3.8, 4) is 0 Å². The summed E-state index contributed by atoms with van der Waals surface area (Å²) < 4.78 is 5.34. The van der Waals surface area contributed by atoms with Crippen LogP contribution in [0.1, 0.15) is 20.8 Å². The minimum atomic E-state index is -0.0839. The summed E-state index contributed by atoms with van der Waals surface area (Å²) in [6, 6.07) is 0.519. The Balaban J connectivity index is 0.000000640. The molecule has 1 fully saturated rings. The van der Waals surface area contributed by atoms with E-state index in [4.69, 9.17) is 4.74 Å². The van der Waals surface area contributed by atoms with E-state index < -0.39 is 0 Å². The van der Waals surface area contributed by atoms with E-state index in [1.807, 2.05) is 13.8 Å². The molecule has 3 heteroatoms. The summed E-state index contributed by atoms with van der Waals surface area (Å²) >= 11 is 0. The second kappa shape index (κ2) is 2.86. The maximum Gasteiger partial charge on any atom is 0.113 e. The smallest absolute Gasteiger partial charge is 0.113 e. The van der Waals surface area contributed by atoms with Crippen molar-refractivity contribution in [2.45, 2.75) is 32.5 Å². The lowest BCUT2D eigenvalue weighted by molar-refractivity contribution is 0.0231. The molecule has 1 rings (SSSR count). The van der Waals surface area contributed by atoms with Crippen molar-refractivity contribution in [2.24, 2.45) is 0 Å². The van der Waals surface area contributed by atoms with Crippen molar-refractivity contribution in [3.05, 3.63) is 0 Å². The van der Waals surface area contributed by atoms with E-state index >= 15 is 0 Å². The number of hydrogen-bond donors (Lipinski definition) is 1. The van der Waals surface area contributed by atoms with Gasteiger partial charge in [-0.1, -0.05) is 0 Å². The van der Waals surface area contributed by atoms with Crippen molar-refractivity contribution < 1.29 is 4.74 Å². The van der Waals surface area contributed by atoms with Crippen LogP contribution in [-0.4, -0.2) is 18.4 Å². The average molecular weight is 152 g/mol. The number of hydrogen-bond acceptors (Lipinski definition) is 2. The van der Waals surface area contributed by atoms with Crippen molar-refractivity contribution in [2.75, 3.05) is 6.61 Å². The Labute approximate surface area is 62.4 Å². The molecule has 1 unspecified atom stereocenters. The normalized spacial score (nSPS) is 31.7. The Bertz CT molecular complexity index is 95.1. The zero-order chi connectivity index (χ0) is 6.20. The molecule has 0 radical (unpaired) electrons. The number of nitrogens with one attached hydrogen (secondary N) is 1. The van der Waals surface area contributed by atoms with Gasteiger partial charge in [0.05, 0.1) is 6.61 Å². The van der Waals surface area contributed by atoms with Gasteiger partial charge in [0, 0.05) is 6.04 Å². The molecular weight excluding hydrogens is 138 g/mol. The van der Waals surface area contributed by atoms with Gasteiger partial charge in [-0.3, -0.25) is 5.32 Å². The maximum absolute atomic E-state index is 5.34. The number of halogens is 1. The molecule has 0 aromatic rings. The van der Waals surface area contributed by atoms with Crippen LogP contribution in [0.25, 0.3) is 0 Å². The highest BCUT2D eigenvalue weighted by atomic mass is 35.5. The van der Waals surface area contributed by atoms with Gasteiger partial charge >= 0.3 is 0 Å². The third-order valence-corrected chi connectivity index (χ3v) is 1.29. The van der Waals surface area contributed by atoms with Gasteiger partial charge in [0.25, 0.3) is 0 Å². The molecule has 1 N–H and O–H groups in total. The fraction of sp³-hybridized carbons (Fsp3) is 1.00. The third kappa shape index (κ3) is 2.52. The quantitative estimate of drug-likeness (QED) is 0.561. The van der Waals surface area contributed by atoms with Crippen LogP contribution in [0.4, 0.5) is 0 Å². The first-order valence-electron chi connectivity index (χ1n) is 3.02. The summed E-state index contributed by atoms with van der Waals surface area (Å²) in [4.78, 5) is 0. The predicted molar refractivity (Wildman–Crippen MR) is 39.9 cm³/mol. The Morgan fingerprint density at radius 2 is 2.11 bits per heavy atom. The molecule has 0 aliphatic carbocycles. The van der Waals surface area contributed by atoms with Gasteiger partial charge in [-0.15, -0.1) is 12.4 Å². The lowest BCUT2D eigenvalue weighted by Gasteiger charge is -2.16. The summed E-state index contributed by atoms with van der Waals surface area (Å²) in [6.45, 7) is 7.04. The summed E-state index contributed by atoms with van der Waals surface area (Å²) in [6.07, 6.45) is 0. The number of ether oxygens (including phenoxy) is 1. The van der Waals surface area contributed by atoms with Crippen LogP contribution in [0.5, 0.6) is 0 Å². The second-order valence-electron chi connectivity index (χ2n) is 2.87. The van der Waals surface area contributed by atoms with Crippen LogP contribution in [0.2, 0.25) is 0 Å². The Morgan fingerprint density at radius 1 is 1.56 bits per heavy atom. The molecule has 1 atom stereocenters. The monoisotopic (exact) mass is 151 g/mol. The van der Waals surface area contributed by atoms with E-state index in [2.05, 4.69) is 12.2 Å². The first-order chi connectivity index (χ1) is 3.60. The molecule has 0 spiro atoms. The van der Waals surface area contributed by atoms with E-state index in [1.165, 1.54) is 0 Å². The predicted octanol–water partition coefficient (Wildman–Crippen LogP) is 1.15. The van der Waals surface area contributed by atoms with Gasteiger partial charge in [-0.2, -0.15) is 0 Å². The maximum atomic E-state index is 5.34. The standard InChI is InChI=1S/C6H13NO.ClH/c1-5-4-8-6(2,3)7-5;/h5,7H,4H2,1-3H3;1H. The van der Waals surface area contributed by atoms with Crippen LogP contribution >= 0.6 is 12.4 Å². The van der Waals surface area contributed by atoms with Gasteiger partial charge in [0.1, 0.15) is 5.72 Å². The van der Waals surface area contributed by atoms with Crippen molar-refractivity contribution >= 4 is 12.4 Å². The third-order valence-electron chi connectivity index (χ3n) is 1.29.